The lowest BCUT2D eigenvalue weighted by Gasteiger charge is -2.11. The third-order valence-electron chi connectivity index (χ3n) is 3.48. The van der Waals surface area contributed by atoms with E-state index in [9.17, 15) is 13.2 Å². The average Bonchev–Trinajstić information content (AvgIpc) is 3.04. The van der Waals surface area contributed by atoms with E-state index in [-0.39, 0.29) is 22.7 Å². The molecule has 2 aromatic heterocycles. The van der Waals surface area contributed by atoms with Crippen molar-refractivity contribution in [2.24, 2.45) is 0 Å². The lowest BCUT2D eigenvalue weighted by atomic mass is 10.3. The number of methoxy groups -OCH3 is 2. The summed E-state index contributed by atoms with van der Waals surface area (Å²) in [5.41, 5.74) is -0.259. The van der Waals surface area contributed by atoms with Crippen LogP contribution in [0.5, 0.6) is 11.5 Å². The second kappa shape index (κ2) is 6.82. The van der Waals surface area contributed by atoms with Gasteiger partial charge in [-0.3, -0.25) is 4.79 Å². The number of rotatable bonds is 6. The van der Waals surface area contributed by atoms with Crippen LogP contribution in [0.4, 0.5) is 0 Å². The topological polar surface area (TPSA) is 110 Å². The van der Waals surface area contributed by atoms with Crippen molar-refractivity contribution in [1.29, 1.82) is 0 Å². The van der Waals surface area contributed by atoms with E-state index in [2.05, 4.69) is 14.7 Å². The fourth-order valence-electron chi connectivity index (χ4n) is 2.24. The summed E-state index contributed by atoms with van der Waals surface area (Å²) in [7, 11) is -0.991. The summed E-state index contributed by atoms with van der Waals surface area (Å²) in [5, 5.41) is 0.431. The number of fused-ring (bicyclic) bond motifs is 1. The Hall–Kier alpha value is -2.43. The SMILES string of the molecule is COc1ccc(OC)c(S(=O)(=O)NCc2cc3c(=O)[nH]cnc3s2)c1. The average molecular weight is 381 g/mol. The third kappa shape index (κ3) is 3.50. The molecule has 25 heavy (non-hydrogen) atoms. The Kier molecular flexibility index (Phi) is 4.75. The number of sulfonamides is 1. The molecule has 8 nitrogen and oxygen atoms in total. The molecule has 0 saturated carbocycles. The van der Waals surface area contributed by atoms with Gasteiger partial charge in [-0.15, -0.1) is 11.3 Å². The van der Waals surface area contributed by atoms with E-state index in [1.807, 2.05) is 0 Å². The van der Waals surface area contributed by atoms with Crippen LogP contribution in [0.2, 0.25) is 0 Å². The summed E-state index contributed by atoms with van der Waals surface area (Å²) in [6, 6.07) is 6.15. The second-order valence-corrected chi connectivity index (χ2v) is 7.86. The zero-order valence-corrected chi connectivity index (χ0v) is 15.0. The number of aromatic amines is 1. The van der Waals surface area contributed by atoms with Crippen molar-refractivity contribution in [3.63, 3.8) is 0 Å². The molecule has 2 heterocycles. The normalized spacial score (nSPS) is 11.6. The predicted molar refractivity (Wildman–Crippen MR) is 93.8 cm³/mol. The maximum absolute atomic E-state index is 12.6. The van der Waals surface area contributed by atoms with Crippen LogP contribution in [0.1, 0.15) is 4.88 Å². The highest BCUT2D eigenvalue weighted by Gasteiger charge is 2.21. The Morgan fingerprint density at radius 1 is 1.24 bits per heavy atom. The summed E-state index contributed by atoms with van der Waals surface area (Å²) < 4.78 is 37.9. The van der Waals surface area contributed by atoms with Gasteiger partial charge in [-0.1, -0.05) is 0 Å². The van der Waals surface area contributed by atoms with Crippen molar-refractivity contribution in [3.05, 3.63) is 45.8 Å². The van der Waals surface area contributed by atoms with Crippen LogP contribution in [0.3, 0.4) is 0 Å². The summed E-state index contributed by atoms with van der Waals surface area (Å²) in [6.07, 6.45) is 1.32. The van der Waals surface area contributed by atoms with E-state index < -0.39 is 10.0 Å². The number of hydrogen-bond acceptors (Lipinski definition) is 7. The zero-order valence-electron chi connectivity index (χ0n) is 13.4. The van der Waals surface area contributed by atoms with Gasteiger partial charge in [0.25, 0.3) is 5.56 Å². The highest BCUT2D eigenvalue weighted by molar-refractivity contribution is 7.89. The molecule has 1 aromatic carbocycles. The molecule has 0 atom stereocenters. The van der Waals surface area contributed by atoms with E-state index in [1.165, 1.54) is 44.0 Å². The molecule has 0 fully saturated rings. The van der Waals surface area contributed by atoms with Crippen molar-refractivity contribution in [1.82, 2.24) is 14.7 Å². The van der Waals surface area contributed by atoms with Gasteiger partial charge in [-0.25, -0.2) is 18.1 Å². The van der Waals surface area contributed by atoms with Crippen molar-refractivity contribution in [2.45, 2.75) is 11.4 Å². The maximum atomic E-state index is 12.6. The first-order valence-corrected chi connectivity index (χ1v) is 9.42. The molecule has 0 unspecified atom stereocenters. The molecule has 132 valence electrons. The van der Waals surface area contributed by atoms with Crippen LogP contribution in [0.15, 0.2) is 40.3 Å². The van der Waals surface area contributed by atoms with Gasteiger partial charge in [-0.05, 0) is 18.2 Å². The van der Waals surface area contributed by atoms with Crippen LogP contribution >= 0.6 is 11.3 Å². The number of nitrogens with one attached hydrogen (secondary N) is 2. The fourth-order valence-corrected chi connectivity index (χ4v) is 4.46. The van der Waals surface area contributed by atoms with Crippen LogP contribution in [0.25, 0.3) is 10.2 Å². The Morgan fingerprint density at radius 2 is 2.04 bits per heavy atom. The number of H-pyrrole nitrogens is 1. The summed E-state index contributed by atoms with van der Waals surface area (Å²) in [5.74, 6) is 0.613. The lowest BCUT2D eigenvalue weighted by Crippen LogP contribution is -2.23. The molecule has 0 bridgehead atoms. The van der Waals surface area contributed by atoms with Gasteiger partial charge in [0, 0.05) is 17.5 Å². The Labute approximate surface area is 147 Å². The maximum Gasteiger partial charge on any atom is 0.259 e. The molecule has 0 saturated heterocycles. The molecule has 10 heteroatoms. The third-order valence-corrected chi connectivity index (χ3v) is 5.95. The van der Waals surface area contributed by atoms with Crippen molar-refractivity contribution < 1.29 is 17.9 Å². The molecular weight excluding hydrogens is 366 g/mol. The Morgan fingerprint density at radius 3 is 2.72 bits per heavy atom. The van der Waals surface area contributed by atoms with E-state index in [1.54, 1.807) is 12.1 Å². The Bertz CT molecular complexity index is 1070. The summed E-state index contributed by atoms with van der Waals surface area (Å²) in [6.45, 7) is 0.0309. The molecule has 0 aliphatic heterocycles. The number of thiophene rings is 1. The van der Waals surface area contributed by atoms with Gasteiger partial charge in [-0.2, -0.15) is 0 Å². The summed E-state index contributed by atoms with van der Waals surface area (Å²) >= 11 is 1.25. The van der Waals surface area contributed by atoms with Gasteiger partial charge < -0.3 is 14.5 Å². The lowest BCUT2D eigenvalue weighted by molar-refractivity contribution is 0.392. The van der Waals surface area contributed by atoms with Gasteiger partial charge >= 0.3 is 0 Å². The molecule has 0 aliphatic rings. The number of ether oxygens (including phenoxy) is 2. The zero-order chi connectivity index (χ0) is 18.0. The highest BCUT2D eigenvalue weighted by atomic mass is 32.2. The Balaban J connectivity index is 1.88. The van der Waals surface area contributed by atoms with Crippen LogP contribution in [0, 0.1) is 0 Å². The van der Waals surface area contributed by atoms with E-state index in [0.29, 0.717) is 20.8 Å². The fraction of sp³-hybridized carbons (Fsp3) is 0.200. The molecule has 0 aliphatic carbocycles. The first-order valence-electron chi connectivity index (χ1n) is 7.12. The number of hydrogen-bond donors (Lipinski definition) is 2. The smallest absolute Gasteiger partial charge is 0.259 e. The van der Waals surface area contributed by atoms with Crippen molar-refractivity contribution >= 4 is 31.6 Å². The van der Waals surface area contributed by atoms with Crippen LogP contribution in [-0.4, -0.2) is 32.6 Å². The van der Waals surface area contributed by atoms with Crippen molar-refractivity contribution in [2.75, 3.05) is 14.2 Å². The first-order chi connectivity index (χ1) is 11.9. The van der Waals surface area contributed by atoms with E-state index >= 15 is 0 Å². The van der Waals surface area contributed by atoms with E-state index in [0.717, 1.165) is 0 Å². The largest absolute Gasteiger partial charge is 0.497 e. The molecular formula is C15H15N3O5S2. The minimum atomic E-state index is -3.84. The number of nitrogens with zero attached hydrogens (tertiary/aromatic N) is 1. The van der Waals surface area contributed by atoms with Gasteiger partial charge in [0.1, 0.15) is 21.2 Å². The molecule has 0 amide bonds. The standard InChI is InChI=1S/C15H15N3O5S2/c1-22-9-3-4-12(23-2)13(5-9)25(20,21)18-7-10-6-11-14(19)16-8-17-15(11)24-10/h3-6,8,18H,7H2,1-2H3,(H,16,17,19). The van der Waals surface area contributed by atoms with Crippen LogP contribution < -0.4 is 19.8 Å². The van der Waals surface area contributed by atoms with Crippen molar-refractivity contribution in [3.8, 4) is 11.5 Å². The first kappa shape index (κ1) is 17.4. The molecule has 0 radical (unpaired) electrons. The molecule has 3 rings (SSSR count). The molecule has 2 N–H and O–H groups in total. The predicted octanol–water partition coefficient (Wildman–Crippen LogP) is 1.48. The quantitative estimate of drug-likeness (QED) is 0.669. The van der Waals surface area contributed by atoms with Gasteiger partial charge in [0.15, 0.2) is 0 Å². The minimum Gasteiger partial charge on any atom is -0.497 e. The number of benzene rings is 1. The van der Waals surface area contributed by atoms with Crippen LogP contribution in [-0.2, 0) is 16.6 Å². The molecule has 3 aromatic rings. The second-order valence-electron chi connectivity index (χ2n) is 5.00. The molecule has 0 spiro atoms. The minimum absolute atomic E-state index is 0.0218. The number of aromatic nitrogens is 2. The van der Waals surface area contributed by atoms with E-state index in [4.69, 9.17) is 9.47 Å². The summed E-state index contributed by atoms with van der Waals surface area (Å²) in [4.78, 5) is 19.5. The van der Waals surface area contributed by atoms with Gasteiger partial charge in [0.05, 0.1) is 25.9 Å². The van der Waals surface area contributed by atoms with Gasteiger partial charge in [0.2, 0.25) is 10.0 Å². The monoisotopic (exact) mass is 381 g/mol. The highest BCUT2D eigenvalue weighted by Crippen LogP contribution is 2.28.